The molecule has 0 aromatic heterocycles. The van der Waals surface area contributed by atoms with E-state index in [-0.39, 0.29) is 0 Å². The predicted octanol–water partition coefficient (Wildman–Crippen LogP) is 4.49. The van der Waals surface area contributed by atoms with Gasteiger partial charge in [-0.05, 0) is 48.9 Å². The first kappa shape index (κ1) is 14.1. The van der Waals surface area contributed by atoms with Crippen molar-refractivity contribution in [2.75, 3.05) is 26.1 Å². The van der Waals surface area contributed by atoms with Crippen LogP contribution >= 0.6 is 0 Å². The maximum absolute atomic E-state index is 5.30. The molecule has 0 aliphatic heterocycles. The van der Waals surface area contributed by atoms with Gasteiger partial charge in [0.05, 0.1) is 12.8 Å². The number of nitrogens with zero attached hydrogens (tertiary/aromatic N) is 3. The topological polar surface area (TPSA) is 37.2 Å². The first-order chi connectivity index (χ1) is 9.60. The molecular weight excluding hydrogens is 250 g/mol. The zero-order chi connectivity index (χ0) is 14.5. The molecule has 2 rings (SSSR count). The summed E-state index contributed by atoms with van der Waals surface area (Å²) in [4.78, 5) is 2.05. The van der Waals surface area contributed by atoms with E-state index in [4.69, 9.17) is 4.74 Å². The molecule has 20 heavy (non-hydrogen) atoms. The Morgan fingerprint density at radius 1 is 0.950 bits per heavy atom. The summed E-state index contributed by atoms with van der Waals surface area (Å²) in [5.74, 6) is 0.735. The number of aryl methyl sites for hydroxylation is 1. The molecule has 0 spiro atoms. The summed E-state index contributed by atoms with van der Waals surface area (Å²) < 4.78 is 5.30. The molecule has 2 aromatic rings. The summed E-state index contributed by atoms with van der Waals surface area (Å²) in [5.41, 5.74) is 3.82. The van der Waals surface area contributed by atoms with Crippen molar-refractivity contribution < 1.29 is 4.74 Å². The SMILES string of the molecule is COc1cc(C)ccc1/N=N/c1ccc(N(C)C)cc1. The predicted molar refractivity (Wildman–Crippen MR) is 82.7 cm³/mol. The first-order valence-electron chi connectivity index (χ1n) is 6.44. The van der Waals surface area contributed by atoms with Crippen LogP contribution in [0.1, 0.15) is 5.56 Å². The van der Waals surface area contributed by atoms with Crippen LogP contribution in [0.2, 0.25) is 0 Å². The van der Waals surface area contributed by atoms with Crippen LogP contribution in [0.5, 0.6) is 5.75 Å². The quantitative estimate of drug-likeness (QED) is 0.767. The van der Waals surface area contributed by atoms with Gasteiger partial charge >= 0.3 is 0 Å². The van der Waals surface area contributed by atoms with Crippen molar-refractivity contribution in [2.24, 2.45) is 10.2 Å². The fourth-order valence-corrected chi connectivity index (χ4v) is 1.80. The van der Waals surface area contributed by atoms with Gasteiger partial charge in [-0.3, -0.25) is 0 Å². The van der Waals surface area contributed by atoms with E-state index in [1.807, 2.05) is 68.4 Å². The third kappa shape index (κ3) is 3.35. The molecule has 2 aromatic carbocycles. The lowest BCUT2D eigenvalue weighted by atomic mass is 10.2. The second-order valence-corrected chi connectivity index (χ2v) is 4.79. The van der Waals surface area contributed by atoms with E-state index in [9.17, 15) is 0 Å². The molecule has 0 N–H and O–H groups in total. The maximum atomic E-state index is 5.30. The van der Waals surface area contributed by atoms with Gasteiger partial charge in [-0.15, -0.1) is 5.11 Å². The number of azo groups is 1. The highest BCUT2D eigenvalue weighted by Crippen LogP contribution is 2.30. The van der Waals surface area contributed by atoms with Gasteiger partial charge in [0.1, 0.15) is 11.4 Å². The van der Waals surface area contributed by atoms with Crippen LogP contribution in [0.4, 0.5) is 17.1 Å². The molecule has 0 unspecified atom stereocenters. The largest absolute Gasteiger partial charge is 0.494 e. The van der Waals surface area contributed by atoms with Crippen LogP contribution in [0, 0.1) is 6.92 Å². The van der Waals surface area contributed by atoms with Crippen molar-refractivity contribution in [3.8, 4) is 5.75 Å². The van der Waals surface area contributed by atoms with Crippen LogP contribution in [0.15, 0.2) is 52.7 Å². The number of anilines is 1. The van der Waals surface area contributed by atoms with Gasteiger partial charge < -0.3 is 9.64 Å². The molecule has 4 heteroatoms. The van der Waals surface area contributed by atoms with Crippen molar-refractivity contribution in [1.29, 1.82) is 0 Å². The number of hydrogen-bond acceptors (Lipinski definition) is 4. The summed E-state index contributed by atoms with van der Waals surface area (Å²) in [6.07, 6.45) is 0. The Bertz CT molecular complexity index is 604. The Kier molecular flexibility index (Phi) is 4.35. The summed E-state index contributed by atoms with van der Waals surface area (Å²) in [6, 6.07) is 13.8. The van der Waals surface area contributed by atoms with Crippen LogP contribution in [-0.2, 0) is 0 Å². The zero-order valence-corrected chi connectivity index (χ0v) is 12.3. The first-order valence-corrected chi connectivity index (χ1v) is 6.44. The Balaban J connectivity index is 2.20. The summed E-state index contributed by atoms with van der Waals surface area (Å²) in [7, 11) is 5.65. The number of hydrogen-bond donors (Lipinski definition) is 0. The maximum Gasteiger partial charge on any atom is 0.146 e. The van der Waals surface area contributed by atoms with E-state index in [1.165, 1.54) is 0 Å². The third-order valence-corrected chi connectivity index (χ3v) is 2.97. The van der Waals surface area contributed by atoms with Crippen molar-refractivity contribution in [2.45, 2.75) is 6.92 Å². The van der Waals surface area contributed by atoms with E-state index >= 15 is 0 Å². The van der Waals surface area contributed by atoms with Crippen LogP contribution in [0.25, 0.3) is 0 Å². The average molecular weight is 269 g/mol. The van der Waals surface area contributed by atoms with Crippen LogP contribution in [0.3, 0.4) is 0 Å². The molecule has 0 amide bonds. The monoisotopic (exact) mass is 269 g/mol. The molecule has 0 aliphatic rings. The van der Waals surface area contributed by atoms with Crippen molar-refractivity contribution in [3.05, 3.63) is 48.0 Å². The fourth-order valence-electron chi connectivity index (χ4n) is 1.80. The number of rotatable bonds is 4. The minimum absolute atomic E-state index is 0.731. The normalized spacial score (nSPS) is 10.8. The van der Waals surface area contributed by atoms with Crippen molar-refractivity contribution >= 4 is 17.1 Å². The Morgan fingerprint density at radius 3 is 2.25 bits per heavy atom. The van der Waals surface area contributed by atoms with E-state index in [2.05, 4.69) is 10.2 Å². The number of methoxy groups -OCH3 is 1. The Hall–Kier alpha value is -2.36. The molecule has 0 atom stereocenters. The number of benzene rings is 2. The van der Waals surface area contributed by atoms with E-state index in [0.29, 0.717) is 0 Å². The summed E-state index contributed by atoms with van der Waals surface area (Å²) in [5, 5.41) is 8.49. The van der Waals surface area contributed by atoms with Crippen molar-refractivity contribution in [1.82, 2.24) is 0 Å². The van der Waals surface area contributed by atoms with Crippen LogP contribution in [-0.4, -0.2) is 21.2 Å². The lowest BCUT2D eigenvalue weighted by molar-refractivity contribution is 0.415. The fraction of sp³-hybridized carbons (Fsp3) is 0.250. The Labute approximate surface area is 119 Å². The van der Waals surface area contributed by atoms with E-state index < -0.39 is 0 Å². The average Bonchev–Trinajstić information content (AvgIpc) is 2.46. The van der Waals surface area contributed by atoms with E-state index in [0.717, 1.165) is 28.4 Å². The second kappa shape index (κ2) is 6.19. The van der Waals surface area contributed by atoms with Crippen LogP contribution < -0.4 is 9.64 Å². The van der Waals surface area contributed by atoms with Gasteiger partial charge in [0, 0.05) is 19.8 Å². The highest BCUT2D eigenvalue weighted by Gasteiger charge is 2.01. The summed E-state index contributed by atoms with van der Waals surface area (Å²) in [6.45, 7) is 2.02. The van der Waals surface area contributed by atoms with Gasteiger partial charge in [-0.2, -0.15) is 5.11 Å². The van der Waals surface area contributed by atoms with Gasteiger partial charge in [0.15, 0.2) is 0 Å². The zero-order valence-electron chi connectivity index (χ0n) is 12.3. The standard InChI is InChI=1S/C16H19N3O/c1-12-5-10-15(16(11-12)20-4)18-17-13-6-8-14(9-7-13)19(2)3/h5-11H,1-4H3/b18-17+. The molecule has 0 radical (unpaired) electrons. The second-order valence-electron chi connectivity index (χ2n) is 4.79. The van der Waals surface area contributed by atoms with Gasteiger partial charge in [0.25, 0.3) is 0 Å². The molecule has 104 valence electrons. The van der Waals surface area contributed by atoms with Gasteiger partial charge in [0.2, 0.25) is 0 Å². The minimum Gasteiger partial charge on any atom is -0.494 e. The molecule has 4 nitrogen and oxygen atoms in total. The molecule has 0 saturated carbocycles. The molecular formula is C16H19N3O. The molecule has 0 aliphatic carbocycles. The van der Waals surface area contributed by atoms with E-state index in [1.54, 1.807) is 7.11 Å². The lowest BCUT2D eigenvalue weighted by Gasteiger charge is -2.11. The van der Waals surface area contributed by atoms with Crippen molar-refractivity contribution in [3.63, 3.8) is 0 Å². The Morgan fingerprint density at radius 2 is 1.65 bits per heavy atom. The third-order valence-electron chi connectivity index (χ3n) is 2.97. The smallest absolute Gasteiger partial charge is 0.146 e. The molecule has 0 heterocycles. The highest BCUT2D eigenvalue weighted by molar-refractivity contribution is 5.54. The molecule has 0 saturated heterocycles. The number of ether oxygens (including phenoxy) is 1. The molecule has 0 bridgehead atoms. The molecule has 0 fully saturated rings. The van der Waals surface area contributed by atoms with Gasteiger partial charge in [-0.1, -0.05) is 6.07 Å². The van der Waals surface area contributed by atoms with Gasteiger partial charge in [-0.25, -0.2) is 0 Å². The minimum atomic E-state index is 0.731. The highest BCUT2D eigenvalue weighted by atomic mass is 16.5. The summed E-state index contributed by atoms with van der Waals surface area (Å²) >= 11 is 0. The lowest BCUT2D eigenvalue weighted by Crippen LogP contribution is -2.07.